The highest BCUT2D eigenvalue weighted by atomic mass is 127. The van der Waals surface area contributed by atoms with Crippen LogP contribution in [-0.2, 0) is 0 Å². The Hall–Kier alpha value is -1.02. The molecule has 6 heteroatoms. The van der Waals surface area contributed by atoms with Crippen molar-refractivity contribution in [2.24, 2.45) is 0 Å². The van der Waals surface area contributed by atoms with Crippen LogP contribution in [0.5, 0.6) is 5.75 Å². The lowest BCUT2D eigenvalue weighted by Gasteiger charge is -2.26. The molecule has 1 fully saturated rings. The molecular weight excluding hydrogens is 407 g/mol. The van der Waals surface area contributed by atoms with Crippen LogP contribution in [0.25, 0.3) is 0 Å². The van der Waals surface area contributed by atoms with Crippen LogP contribution < -0.4 is 38.9 Å². The van der Waals surface area contributed by atoms with E-state index in [-0.39, 0.29) is 24.0 Å². The maximum atomic E-state index is 10.2. The van der Waals surface area contributed by atoms with E-state index in [9.17, 15) is 5.11 Å². The molecule has 0 saturated heterocycles. The zero-order valence-electron chi connectivity index (χ0n) is 14.4. The first-order valence-electron chi connectivity index (χ1n) is 7.79. The first kappa shape index (κ1) is 22.0. The van der Waals surface area contributed by atoms with Crippen molar-refractivity contribution in [3.8, 4) is 5.75 Å². The SMILES string of the molecule is CNC(=O)[O-].C[N+](C)(C)c1ccc(C2CCCCC2)c(O)c1.[I-]. The third-order valence-corrected chi connectivity index (χ3v) is 4.04. The van der Waals surface area contributed by atoms with Crippen LogP contribution in [0.4, 0.5) is 10.5 Å². The number of quaternary nitrogens is 1. The number of nitrogens with zero attached hydrogens (tertiary/aromatic N) is 1. The highest BCUT2D eigenvalue weighted by molar-refractivity contribution is 5.61. The molecule has 5 nitrogen and oxygen atoms in total. The molecule has 1 aliphatic carbocycles. The summed E-state index contributed by atoms with van der Waals surface area (Å²) in [4.78, 5) is 9.15. The molecule has 1 aromatic rings. The van der Waals surface area contributed by atoms with Crippen molar-refractivity contribution in [1.29, 1.82) is 0 Å². The summed E-state index contributed by atoms with van der Waals surface area (Å²) in [5.74, 6) is 1.06. The second-order valence-corrected chi connectivity index (χ2v) is 6.63. The zero-order valence-corrected chi connectivity index (χ0v) is 16.6. The van der Waals surface area contributed by atoms with Crippen LogP contribution in [0.2, 0.25) is 0 Å². The maximum Gasteiger partial charge on any atom is 0.135 e. The molecule has 132 valence electrons. The molecule has 1 aliphatic rings. The van der Waals surface area contributed by atoms with Crippen molar-refractivity contribution in [2.75, 3.05) is 28.2 Å². The number of nitrogens with one attached hydrogen (secondary N) is 1. The lowest BCUT2D eigenvalue weighted by molar-refractivity contribution is -0.250. The van der Waals surface area contributed by atoms with Crippen molar-refractivity contribution in [2.45, 2.75) is 38.0 Å². The summed E-state index contributed by atoms with van der Waals surface area (Å²) < 4.78 is 0.749. The Morgan fingerprint density at radius 2 is 1.74 bits per heavy atom. The fourth-order valence-electron chi connectivity index (χ4n) is 2.71. The van der Waals surface area contributed by atoms with Gasteiger partial charge in [0.25, 0.3) is 0 Å². The summed E-state index contributed by atoms with van der Waals surface area (Å²) in [5.41, 5.74) is 2.31. The predicted octanol–water partition coefficient (Wildman–Crippen LogP) is -0.810. The molecule has 0 heterocycles. The molecule has 0 bridgehead atoms. The summed E-state index contributed by atoms with van der Waals surface area (Å²) in [5, 5.41) is 21.2. The minimum Gasteiger partial charge on any atom is -1.00 e. The van der Waals surface area contributed by atoms with Gasteiger partial charge < -0.3 is 44.3 Å². The number of halogens is 1. The Bertz CT molecular complexity index is 495. The minimum absolute atomic E-state index is 0. The average Bonchev–Trinajstić information content (AvgIpc) is 2.47. The third-order valence-electron chi connectivity index (χ3n) is 4.04. The van der Waals surface area contributed by atoms with Crippen LogP contribution in [0.15, 0.2) is 18.2 Å². The molecule has 2 N–H and O–H groups in total. The number of hydrogen-bond acceptors (Lipinski definition) is 3. The second kappa shape index (κ2) is 9.97. The number of amides is 1. The molecule has 0 unspecified atom stereocenters. The zero-order chi connectivity index (χ0) is 16.8. The first-order chi connectivity index (χ1) is 10.3. The molecule has 0 aromatic heterocycles. The molecule has 1 aromatic carbocycles. The minimum atomic E-state index is -1.25. The van der Waals surface area contributed by atoms with Gasteiger partial charge in [-0.25, -0.2) is 0 Å². The van der Waals surface area contributed by atoms with Crippen LogP contribution >= 0.6 is 0 Å². The molecule has 2 rings (SSSR count). The van der Waals surface area contributed by atoms with Gasteiger partial charge in [0, 0.05) is 13.1 Å². The summed E-state index contributed by atoms with van der Waals surface area (Å²) in [6, 6.07) is 6.22. The van der Waals surface area contributed by atoms with Gasteiger partial charge in [-0.1, -0.05) is 19.3 Å². The maximum absolute atomic E-state index is 10.2. The normalized spacial score (nSPS) is 15.0. The fourth-order valence-corrected chi connectivity index (χ4v) is 2.71. The summed E-state index contributed by atoms with van der Waals surface area (Å²) in [6.45, 7) is 0. The fraction of sp³-hybridized carbons (Fsp3) is 0.588. The van der Waals surface area contributed by atoms with Gasteiger partial charge in [-0.2, -0.15) is 0 Å². The highest BCUT2D eigenvalue weighted by Crippen LogP contribution is 2.38. The van der Waals surface area contributed by atoms with E-state index >= 15 is 0 Å². The predicted molar refractivity (Wildman–Crippen MR) is 88.0 cm³/mol. The average molecular weight is 435 g/mol. The quantitative estimate of drug-likeness (QED) is 0.472. The van der Waals surface area contributed by atoms with Gasteiger partial charge in [-0.15, -0.1) is 0 Å². The molecule has 23 heavy (non-hydrogen) atoms. The van der Waals surface area contributed by atoms with Gasteiger partial charge >= 0.3 is 0 Å². The van der Waals surface area contributed by atoms with E-state index in [2.05, 4.69) is 33.3 Å². The largest absolute Gasteiger partial charge is 1.00 e. The molecule has 0 aliphatic heterocycles. The number of carbonyl (C=O) groups is 1. The van der Waals surface area contributed by atoms with Crippen LogP contribution in [0, 0.1) is 0 Å². The van der Waals surface area contributed by atoms with E-state index in [0.29, 0.717) is 11.7 Å². The molecule has 0 radical (unpaired) electrons. The monoisotopic (exact) mass is 435 g/mol. The second-order valence-electron chi connectivity index (χ2n) is 6.63. The van der Waals surface area contributed by atoms with E-state index in [4.69, 9.17) is 9.90 Å². The van der Waals surface area contributed by atoms with Crippen LogP contribution in [0.3, 0.4) is 0 Å². The first-order valence-corrected chi connectivity index (χ1v) is 7.79. The van der Waals surface area contributed by atoms with Crippen LogP contribution in [-0.4, -0.2) is 39.4 Å². The lowest BCUT2D eigenvalue weighted by Crippen LogP contribution is -3.00. The van der Waals surface area contributed by atoms with E-state index in [1.54, 1.807) is 0 Å². The van der Waals surface area contributed by atoms with Crippen molar-refractivity contribution < 1.29 is 39.0 Å². The Balaban J connectivity index is 0.000000709. The molecule has 1 amide bonds. The van der Waals surface area contributed by atoms with Gasteiger partial charge in [-0.05, 0) is 36.5 Å². The number of phenols is 1. The summed E-state index contributed by atoms with van der Waals surface area (Å²) in [6.07, 6.45) is 5.19. The Labute approximate surface area is 156 Å². The van der Waals surface area contributed by atoms with Gasteiger partial charge in [0.15, 0.2) is 0 Å². The van der Waals surface area contributed by atoms with Gasteiger partial charge in [0.05, 0.1) is 21.1 Å². The van der Waals surface area contributed by atoms with Crippen molar-refractivity contribution >= 4 is 11.8 Å². The van der Waals surface area contributed by atoms with Crippen molar-refractivity contribution in [3.05, 3.63) is 23.8 Å². The topological polar surface area (TPSA) is 72.4 Å². The van der Waals surface area contributed by atoms with E-state index < -0.39 is 6.09 Å². The third kappa shape index (κ3) is 7.39. The molecule has 0 spiro atoms. The lowest BCUT2D eigenvalue weighted by atomic mass is 9.83. The van der Waals surface area contributed by atoms with E-state index in [1.807, 2.05) is 11.4 Å². The van der Waals surface area contributed by atoms with Crippen LogP contribution in [0.1, 0.15) is 43.6 Å². The number of carbonyl (C=O) groups excluding carboxylic acids is 1. The Kier molecular flexibility index (Phi) is 9.53. The van der Waals surface area contributed by atoms with E-state index in [0.717, 1.165) is 15.7 Å². The summed E-state index contributed by atoms with van der Waals surface area (Å²) in [7, 11) is 7.65. The molecule has 0 atom stereocenters. The Morgan fingerprint density at radius 3 is 2.13 bits per heavy atom. The number of carboxylic acid groups (broad SMARTS) is 1. The van der Waals surface area contributed by atoms with Gasteiger partial charge in [0.2, 0.25) is 0 Å². The van der Waals surface area contributed by atoms with E-state index in [1.165, 1.54) is 39.2 Å². The Morgan fingerprint density at radius 1 is 1.22 bits per heavy atom. The van der Waals surface area contributed by atoms with Gasteiger partial charge in [-0.3, -0.25) is 4.48 Å². The molecule has 1 saturated carbocycles. The smallest absolute Gasteiger partial charge is 0.135 e. The number of hydrogen-bond donors (Lipinski definition) is 2. The summed E-state index contributed by atoms with van der Waals surface area (Å²) >= 11 is 0. The molecular formula is C17H28IN2O3-. The number of rotatable bonds is 2. The van der Waals surface area contributed by atoms with Gasteiger partial charge in [0.1, 0.15) is 17.5 Å². The number of phenolic OH excluding ortho intramolecular Hbond substituents is 1. The standard InChI is InChI=1S/C15H23NO.C2H5NO2.HI/c1-16(2,3)13-9-10-14(15(17)11-13)12-7-5-4-6-8-12;1-3-2(4)5;/h9-12H,4-8H2,1-3H3;3H,1H3,(H,4,5);1H/p-1. The number of benzene rings is 1. The van der Waals surface area contributed by atoms with Crippen molar-refractivity contribution in [3.63, 3.8) is 0 Å². The highest BCUT2D eigenvalue weighted by Gasteiger charge is 2.21. The van der Waals surface area contributed by atoms with Crippen molar-refractivity contribution in [1.82, 2.24) is 9.80 Å². The number of aromatic hydroxyl groups is 1.